The van der Waals surface area contributed by atoms with Crippen LogP contribution in [0.15, 0.2) is 0 Å². The summed E-state index contributed by atoms with van der Waals surface area (Å²) in [5, 5.41) is 0. The maximum absolute atomic E-state index is 10.2. The predicted molar refractivity (Wildman–Crippen MR) is 31.5 cm³/mol. The second kappa shape index (κ2) is 3.87. The fourth-order valence-electron chi connectivity index (χ4n) is 0.149. The van der Waals surface area contributed by atoms with Crippen molar-refractivity contribution in [3.05, 3.63) is 0 Å². The molecule has 0 aliphatic carbocycles. The third-order valence-corrected chi connectivity index (χ3v) is 1.04. The lowest BCUT2D eigenvalue weighted by molar-refractivity contribution is -0.133. The van der Waals surface area contributed by atoms with E-state index < -0.39 is 11.6 Å². The van der Waals surface area contributed by atoms with E-state index in [1.54, 1.807) is 0 Å². The van der Waals surface area contributed by atoms with Crippen LogP contribution in [0.4, 0.5) is 0 Å². The van der Waals surface area contributed by atoms with Crippen LogP contribution in [-0.4, -0.2) is 23.3 Å². The molecule has 8 heavy (non-hydrogen) atoms. The van der Waals surface area contributed by atoms with Crippen molar-refractivity contribution >= 4 is 34.8 Å². The fraction of sp³-hybridized carbons (Fsp3) is 0.500. The minimum Gasteiger partial charge on any atom is -0.289 e. The molecule has 0 fully saturated rings. The van der Waals surface area contributed by atoms with Crippen molar-refractivity contribution in [3.63, 3.8) is 0 Å². The number of hydrogen-bond acceptors (Lipinski definition) is 2. The Bertz CT molecular complexity index is 96.6. The number of ketones is 2. The highest BCUT2D eigenvalue weighted by Crippen LogP contribution is 1.84. The number of alkyl halides is 2. The summed E-state index contributed by atoms with van der Waals surface area (Å²) in [6.45, 7) is 0. The molecule has 0 heterocycles. The second-order valence-electron chi connectivity index (χ2n) is 1.11. The van der Waals surface area contributed by atoms with Crippen LogP contribution >= 0.6 is 23.2 Å². The van der Waals surface area contributed by atoms with E-state index in [-0.39, 0.29) is 11.8 Å². The van der Waals surface area contributed by atoms with Gasteiger partial charge in [0.25, 0.3) is 0 Å². The highest BCUT2D eigenvalue weighted by atomic mass is 35.5. The monoisotopic (exact) mass is 154 g/mol. The molecule has 0 rings (SSSR count). The summed E-state index contributed by atoms with van der Waals surface area (Å²) in [6.07, 6.45) is 0. The molecule has 0 aromatic heterocycles. The van der Waals surface area contributed by atoms with E-state index in [0.29, 0.717) is 0 Å². The van der Waals surface area contributed by atoms with Gasteiger partial charge in [0.15, 0.2) is 0 Å². The standard InChI is InChI=1S/C4H4Cl2O2/c5-1-3(7)4(8)2-6/h1-2H2. The normalized spacial score (nSPS) is 8.75. The molecule has 0 aliphatic heterocycles. The Labute approximate surface area is 56.8 Å². The molecule has 0 aromatic rings. The third kappa shape index (κ3) is 2.28. The molecular formula is C4H4Cl2O2. The van der Waals surface area contributed by atoms with Gasteiger partial charge in [0.1, 0.15) is 0 Å². The van der Waals surface area contributed by atoms with Crippen LogP contribution in [0, 0.1) is 0 Å². The summed E-state index contributed by atoms with van der Waals surface area (Å²) in [4.78, 5) is 20.4. The third-order valence-electron chi connectivity index (χ3n) is 0.554. The lowest BCUT2D eigenvalue weighted by Gasteiger charge is -1.84. The topological polar surface area (TPSA) is 34.1 Å². The lowest BCUT2D eigenvalue weighted by atomic mass is 10.3. The van der Waals surface area contributed by atoms with Gasteiger partial charge in [-0.3, -0.25) is 9.59 Å². The largest absolute Gasteiger partial charge is 0.289 e. The predicted octanol–water partition coefficient (Wildman–Crippen LogP) is 0.602. The van der Waals surface area contributed by atoms with Crippen molar-refractivity contribution in [1.82, 2.24) is 0 Å². The van der Waals surface area contributed by atoms with Crippen LogP contribution in [-0.2, 0) is 9.59 Å². The average molecular weight is 155 g/mol. The summed E-state index contributed by atoms with van der Waals surface area (Å²) in [6, 6.07) is 0. The molecule has 0 spiro atoms. The number of hydrogen-bond donors (Lipinski definition) is 0. The lowest BCUT2D eigenvalue weighted by Crippen LogP contribution is -2.15. The van der Waals surface area contributed by atoms with Crippen molar-refractivity contribution in [2.24, 2.45) is 0 Å². The van der Waals surface area contributed by atoms with Crippen molar-refractivity contribution in [1.29, 1.82) is 0 Å². The molecule has 0 N–H and O–H groups in total. The van der Waals surface area contributed by atoms with Gasteiger partial charge in [-0.15, -0.1) is 23.2 Å². The molecular weight excluding hydrogens is 151 g/mol. The summed E-state index contributed by atoms with van der Waals surface area (Å²) in [7, 11) is 0. The summed E-state index contributed by atoms with van der Waals surface area (Å²) < 4.78 is 0. The SMILES string of the molecule is O=C(CCl)C(=O)CCl. The van der Waals surface area contributed by atoms with Crippen molar-refractivity contribution in [2.45, 2.75) is 0 Å². The smallest absolute Gasteiger partial charge is 0.214 e. The zero-order chi connectivity index (χ0) is 6.57. The number of rotatable bonds is 3. The van der Waals surface area contributed by atoms with Gasteiger partial charge in [-0.05, 0) is 0 Å². The molecule has 4 heteroatoms. The maximum atomic E-state index is 10.2. The van der Waals surface area contributed by atoms with Crippen molar-refractivity contribution in [3.8, 4) is 0 Å². The minimum absolute atomic E-state index is 0.272. The van der Waals surface area contributed by atoms with Gasteiger partial charge in [-0.2, -0.15) is 0 Å². The average Bonchev–Trinajstić information content (AvgIpc) is 1.84. The van der Waals surface area contributed by atoms with Crippen LogP contribution in [0.2, 0.25) is 0 Å². The first-order valence-corrected chi connectivity index (χ1v) is 2.97. The van der Waals surface area contributed by atoms with Crippen LogP contribution < -0.4 is 0 Å². The van der Waals surface area contributed by atoms with Gasteiger partial charge < -0.3 is 0 Å². The Morgan fingerprint density at radius 2 is 1.25 bits per heavy atom. The van der Waals surface area contributed by atoms with Crippen LogP contribution in [0.25, 0.3) is 0 Å². The zero-order valence-electron chi connectivity index (χ0n) is 3.99. The summed E-state index contributed by atoms with van der Waals surface area (Å²) >= 11 is 9.99. The molecule has 0 atom stereocenters. The Morgan fingerprint density at radius 3 is 1.38 bits per heavy atom. The van der Waals surface area contributed by atoms with E-state index in [1.807, 2.05) is 0 Å². The van der Waals surface area contributed by atoms with Gasteiger partial charge in [0.05, 0.1) is 11.8 Å². The van der Waals surface area contributed by atoms with Gasteiger partial charge in [-0.25, -0.2) is 0 Å². The van der Waals surface area contributed by atoms with E-state index >= 15 is 0 Å². The summed E-state index contributed by atoms with van der Waals surface area (Å²) in [5.41, 5.74) is 0. The fourth-order valence-corrected chi connectivity index (χ4v) is 0.447. The van der Waals surface area contributed by atoms with E-state index in [1.165, 1.54) is 0 Å². The Hall–Kier alpha value is -0.0800. The Balaban J connectivity index is 3.64. The minimum atomic E-state index is -0.623. The second-order valence-corrected chi connectivity index (χ2v) is 1.65. The number of carbonyl (C=O) groups is 2. The zero-order valence-corrected chi connectivity index (χ0v) is 5.50. The molecule has 0 aromatic carbocycles. The molecule has 2 nitrogen and oxygen atoms in total. The number of halogens is 2. The molecule has 0 amide bonds. The van der Waals surface area contributed by atoms with Gasteiger partial charge in [0, 0.05) is 0 Å². The highest BCUT2D eigenvalue weighted by molar-refractivity contribution is 6.53. The van der Waals surface area contributed by atoms with E-state index in [2.05, 4.69) is 0 Å². The van der Waals surface area contributed by atoms with E-state index in [9.17, 15) is 9.59 Å². The van der Waals surface area contributed by atoms with Gasteiger partial charge in [0.2, 0.25) is 11.6 Å². The van der Waals surface area contributed by atoms with Gasteiger partial charge in [-0.1, -0.05) is 0 Å². The maximum Gasteiger partial charge on any atom is 0.214 e. The molecule has 0 saturated carbocycles. The highest BCUT2D eigenvalue weighted by Gasteiger charge is 2.08. The Morgan fingerprint density at radius 1 is 1.00 bits per heavy atom. The first-order valence-electron chi connectivity index (χ1n) is 1.90. The van der Waals surface area contributed by atoms with E-state index in [0.717, 1.165) is 0 Å². The van der Waals surface area contributed by atoms with Crippen molar-refractivity contribution in [2.75, 3.05) is 11.8 Å². The molecule has 0 radical (unpaired) electrons. The summed E-state index contributed by atoms with van der Waals surface area (Å²) in [5.74, 6) is -1.79. The Kier molecular flexibility index (Phi) is 3.83. The number of carbonyl (C=O) groups excluding carboxylic acids is 2. The molecule has 0 aliphatic rings. The first-order chi connectivity index (χ1) is 3.72. The van der Waals surface area contributed by atoms with Crippen molar-refractivity contribution < 1.29 is 9.59 Å². The van der Waals surface area contributed by atoms with E-state index in [4.69, 9.17) is 23.2 Å². The first kappa shape index (κ1) is 7.92. The molecule has 0 bridgehead atoms. The quantitative estimate of drug-likeness (QED) is 0.441. The van der Waals surface area contributed by atoms with Crippen LogP contribution in [0.5, 0.6) is 0 Å². The van der Waals surface area contributed by atoms with Crippen LogP contribution in [0.3, 0.4) is 0 Å². The number of Topliss-reactive ketones (excluding diaryl/α,β-unsaturated/α-hetero) is 2. The molecule has 0 unspecified atom stereocenters. The molecule has 46 valence electrons. The van der Waals surface area contributed by atoms with Crippen LogP contribution in [0.1, 0.15) is 0 Å². The van der Waals surface area contributed by atoms with Gasteiger partial charge >= 0.3 is 0 Å². The molecule has 0 saturated heterocycles.